The summed E-state index contributed by atoms with van der Waals surface area (Å²) in [5, 5.41) is 31.9. The summed E-state index contributed by atoms with van der Waals surface area (Å²) in [4.78, 5) is 21.5. The fraction of sp³-hybridized carbons (Fsp3) is 0.385. The molecule has 2 N–H and O–H groups in total. The zero-order valence-corrected chi connectivity index (χ0v) is 11.2. The van der Waals surface area contributed by atoms with Gasteiger partial charge in [0.2, 0.25) is 0 Å². The summed E-state index contributed by atoms with van der Waals surface area (Å²) in [5.41, 5.74) is -1.07. The number of non-ortho nitro benzene ring substituents is 1. The number of hydrogen-bond acceptors (Lipinski definition) is 5. The van der Waals surface area contributed by atoms with Crippen molar-refractivity contribution in [1.29, 1.82) is 5.26 Å². The highest BCUT2D eigenvalue weighted by Gasteiger charge is 2.35. The van der Waals surface area contributed by atoms with Crippen LogP contribution in [0.25, 0.3) is 0 Å². The molecule has 1 rings (SSSR count). The first-order valence-electron chi connectivity index (χ1n) is 6.10. The first kappa shape index (κ1) is 15.4. The number of hydrogen-bond donors (Lipinski definition) is 2. The molecule has 0 saturated carbocycles. The van der Waals surface area contributed by atoms with Crippen LogP contribution in [0.2, 0.25) is 0 Å². The number of carbonyl (C=O) groups is 1. The van der Waals surface area contributed by atoms with E-state index in [9.17, 15) is 20.0 Å². The van der Waals surface area contributed by atoms with E-state index >= 15 is 0 Å². The van der Waals surface area contributed by atoms with E-state index < -0.39 is 16.4 Å². The third-order valence-corrected chi connectivity index (χ3v) is 3.32. The molecule has 7 heteroatoms. The van der Waals surface area contributed by atoms with Gasteiger partial charge in [0.1, 0.15) is 11.6 Å². The van der Waals surface area contributed by atoms with Gasteiger partial charge >= 0.3 is 5.97 Å². The molecule has 0 radical (unpaired) electrons. The van der Waals surface area contributed by atoms with Gasteiger partial charge in [0, 0.05) is 12.1 Å². The molecule has 0 aromatic heterocycles. The first-order valence-corrected chi connectivity index (χ1v) is 6.10. The normalized spacial score (nSPS) is 10.7. The van der Waals surface area contributed by atoms with Crippen molar-refractivity contribution in [2.45, 2.75) is 32.2 Å². The van der Waals surface area contributed by atoms with Crippen molar-refractivity contribution < 1.29 is 14.8 Å². The van der Waals surface area contributed by atoms with Gasteiger partial charge in [-0.05, 0) is 18.9 Å². The van der Waals surface area contributed by atoms with Crippen LogP contribution >= 0.6 is 0 Å². The fourth-order valence-electron chi connectivity index (χ4n) is 1.89. The van der Waals surface area contributed by atoms with Gasteiger partial charge in [-0.2, -0.15) is 5.26 Å². The number of anilines is 1. The van der Waals surface area contributed by atoms with Crippen LogP contribution in [-0.2, 0) is 4.79 Å². The zero-order chi connectivity index (χ0) is 15.3. The maximum atomic E-state index is 11.4. The van der Waals surface area contributed by atoms with Crippen LogP contribution in [0.3, 0.4) is 0 Å². The highest BCUT2D eigenvalue weighted by molar-refractivity contribution is 5.83. The minimum atomic E-state index is -1.19. The van der Waals surface area contributed by atoms with Crippen LogP contribution in [0, 0.1) is 21.4 Å². The third-order valence-electron chi connectivity index (χ3n) is 3.32. The topological polar surface area (TPSA) is 116 Å². The monoisotopic (exact) mass is 277 g/mol. The van der Waals surface area contributed by atoms with Crippen LogP contribution in [0.1, 0.15) is 32.3 Å². The van der Waals surface area contributed by atoms with Gasteiger partial charge in [0.15, 0.2) is 0 Å². The molecule has 0 saturated heterocycles. The SMILES string of the molecule is CCC(CC)(Nc1ccc([N+](=O)[O-])cc1C#N)C(=O)O. The number of rotatable bonds is 6. The number of nitriles is 1. The molecular formula is C13H15N3O4. The number of nitrogens with one attached hydrogen (secondary N) is 1. The van der Waals surface area contributed by atoms with Crippen molar-refractivity contribution >= 4 is 17.3 Å². The molecule has 7 nitrogen and oxygen atoms in total. The van der Waals surface area contributed by atoms with Crippen molar-refractivity contribution in [3.8, 4) is 6.07 Å². The van der Waals surface area contributed by atoms with Crippen LogP contribution in [0.5, 0.6) is 0 Å². The molecule has 0 amide bonds. The molecule has 0 spiro atoms. The van der Waals surface area contributed by atoms with Crippen molar-refractivity contribution in [2.75, 3.05) is 5.32 Å². The lowest BCUT2D eigenvalue weighted by molar-refractivity contribution is -0.384. The Morgan fingerprint density at radius 2 is 2.10 bits per heavy atom. The Bertz CT molecular complexity index is 573. The number of benzene rings is 1. The zero-order valence-electron chi connectivity index (χ0n) is 11.2. The lowest BCUT2D eigenvalue weighted by Gasteiger charge is -2.29. The number of carboxylic acid groups (broad SMARTS) is 1. The fourth-order valence-corrected chi connectivity index (χ4v) is 1.89. The predicted molar refractivity (Wildman–Crippen MR) is 72.4 cm³/mol. The average Bonchev–Trinajstić information content (AvgIpc) is 2.44. The molecule has 106 valence electrons. The second-order valence-electron chi connectivity index (χ2n) is 4.32. The number of nitro benzene ring substituents is 1. The average molecular weight is 277 g/mol. The smallest absolute Gasteiger partial charge is 0.329 e. The molecule has 0 heterocycles. The molecule has 0 bridgehead atoms. The van der Waals surface area contributed by atoms with Gasteiger partial charge in [0.05, 0.1) is 16.2 Å². The maximum absolute atomic E-state index is 11.4. The summed E-state index contributed by atoms with van der Waals surface area (Å²) in [6.45, 7) is 3.45. The van der Waals surface area contributed by atoms with Gasteiger partial charge < -0.3 is 10.4 Å². The molecule has 20 heavy (non-hydrogen) atoms. The summed E-state index contributed by atoms with van der Waals surface area (Å²) >= 11 is 0. The van der Waals surface area contributed by atoms with E-state index in [-0.39, 0.29) is 16.9 Å². The van der Waals surface area contributed by atoms with Crippen molar-refractivity contribution in [1.82, 2.24) is 0 Å². The second kappa shape index (κ2) is 6.02. The Hall–Kier alpha value is -2.62. The van der Waals surface area contributed by atoms with Crippen molar-refractivity contribution in [3.63, 3.8) is 0 Å². The van der Waals surface area contributed by atoms with Crippen LogP contribution in [-0.4, -0.2) is 21.5 Å². The van der Waals surface area contributed by atoms with Crippen LogP contribution < -0.4 is 5.32 Å². The highest BCUT2D eigenvalue weighted by Crippen LogP contribution is 2.27. The summed E-state index contributed by atoms with van der Waals surface area (Å²) in [6.07, 6.45) is 0.640. The molecular weight excluding hydrogens is 262 g/mol. The molecule has 0 unspecified atom stereocenters. The van der Waals surface area contributed by atoms with Gasteiger partial charge in [0.25, 0.3) is 5.69 Å². The van der Waals surface area contributed by atoms with E-state index in [0.29, 0.717) is 12.8 Å². The molecule has 0 aliphatic rings. The lowest BCUT2D eigenvalue weighted by atomic mass is 9.92. The molecule has 1 aromatic rings. The van der Waals surface area contributed by atoms with E-state index in [2.05, 4.69) is 5.32 Å². The van der Waals surface area contributed by atoms with E-state index in [4.69, 9.17) is 5.26 Å². The molecule has 1 aromatic carbocycles. The minimum Gasteiger partial charge on any atom is -0.480 e. The van der Waals surface area contributed by atoms with Crippen LogP contribution in [0.4, 0.5) is 11.4 Å². The molecule has 0 atom stereocenters. The Balaban J connectivity index is 3.24. The first-order chi connectivity index (χ1) is 9.40. The lowest BCUT2D eigenvalue weighted by Crippen LogP contribution is -2.45. The predicted octanol–water partition coefficient (Wildman–Crippen LogP) is 2.52. The Kier molecular flexibility index (Phi) is 4.64. The number of nitro groups is 1. The van der Waals surface area contributed by atoms with Gasteiger partial charge in [-0.25, -0.2) is 4.79 Å². The third kappa shape index (κ3) is 2.85. The van der Waals surface area contributed by atoms with E-state index in [0.717, 1.165) is 6.07 Å². The molecule has 0 aliphatic carbocycles. The number of nitrogens with zero attached hydrogens (tertiary/aromatic N) is 2. The summed E-state index contributed by atoms with van der Waals surface area (Å²) in [5.74, 6) is -1.02. The summed E-state index contributed by atoms with van der Waals surface area (Å²) < 4.78 is 0. The number of carboxylic acids is 1. The summed E-state index contributed by atoms with van der Waals surface area (Å²) in [6, 6.07) is 5.56. The van der Waals surface area contributed by atoms with Crippen molar-refractivity contribution in [2.24, 2.45) is 0 Å². The Morgan fingerprint density at radius 1 is 1.50 bits per heavy atom. The summed E-state index contributed by atoms with van der Waals surface area (Å²) in [7, 11) is 0. The van der Waals surface area contributed by atoms with E-state index in [1.165, 1.54) is 12.1 Å². The van der Waals surface area contributed by atoms with Crippen molar-refractivity contribution in [3.05, 3.63) is 33.9 Å². The molecule has 0 aliphatic heterocycles. The van der Waals surface area contributed by atoms with E-state index in [1.807, 2.05) is 6.07 Å². The quantitative estimate of drug-likeness (QED) is 0.609. The largest absolute Gasteiger partial charge is 0.480 e. The second-order valence-corrected chi connectivity index (χ2v) is 4.32. The van der Waals surface area contributed by atoms with Gasteiger partial charge in [-0.15, -0.1) is 0 Å². The number of aliphatic carboxylic acids is 1. The highest BCUT2D eigenvalue weighted by atomic mass is 16.6. The maximum Gasteiger partial charge on any atom is 0.329 e. The van der Waals surface area contributed by atoms with Gasteiger partial charge in [-0.3, -0.25) is 10.1 Å². The van der Waals surface area contributed by atoms with E-state index in [1.54, 1.807) is 13.8 Å². The molecule has 0 fully saturated rings. The minimum absolute atomic E-state index is 0.0479. The standard InChI is InChI=1S/C13H15N3O4/c1-3-13(4-2,12(17)18)15-11-6-5-10(16(19)20)7-9(11)8-14/h5-7,15H,3-4H2,1-2H3,(H,17,18). The van der Waals surface area contributed by atoms with Crippen LogP contribution in [0.15, 0.2) is 18.2 Å². The van der Waals surface area contributed by atoms with Gasteiger partial charge in [-0.1, -0.05) is 13.8 Å². The Morgan fingerprint density at radius 3 is 2.50 bits per heavy atom. The Labute approximate surface area is 116 Å².